The largest absolute Gasteiger partial charge is 0.369 e. The third kappa shape index (κ3) is 3.82. The van der Waals surface area contributed by atoms with Crippen LogP contribution < -0.4 is 10.6 Å². The Morgan fingerprint density at radius 1 is 1.45 bits per heavy atom. The van der Waals surface area contributed by atoms with Crippen molar-refractivity contribution in [2.24, 2.45) is 5.41 Å². The van der Waals surface area contributed by atoms with E-state index in [1.165, 1.54) is 0 Å². The minimum Gasteiger partial charge on any atom is -0.369 e. The fraction of sp³-hybridized carbons (Fsp3) is 0.643. The lowest BCUT2D eigenvalue weighted by Crippen LogP contribution is -2.41. The first-order valence-electron chi connectivity index (χ1n) is 6.99. The molecule has 0 aliphatic heterocycles. The Morgan fingerprint density at radius 2 is 2.15 bits per heavy atom. The topological polar surface area (TPSA) is 66.9 Å². The van der Waals surface area contributed by atoms with Crippen molar-refractivity contribution in [2.45, 2.75) is 39.5 Å². The zero-order valence-electron chi connectivity index (χ0n) is 12.2. The van der Waals surface area contributed by atoms with Gasteiger partial charge in [-0.05, 0) is 33.6 Å². The van der Waals surface area contributed by atoms with E-state index in [9.17, 15) is 4.79 Å². The summed E-state index contributed by atoms with van der Waals surface area (Å²) in [4.78, 5) is 20.6. The van der Waals surface area contributed by atoms with E-state index < -0.39 is 5.41 Å². The van der Waals surface area contributed by atoms with Crippen molar-refractivity contribution in [2.75, 3.05) is 18.4 Å². The van der Waals surface area contributed by atoms with E-state index in [4.69, 9.17) is 11.6 Å². The summed E-state index contributed by atoms with van der Waals surface area (Å²) in [5.41, 5.74) is -0.507. The maximum atomic E-state index is 11.9. The van der Waals surface area contributed by atoms with Crippen LogP contribution in [0.3, 0.4) is 0 Å². The number of carbonyl (C=O) groups excluding carboxylic acids is 1. The summed E-state index contributed by atoms with van der Waals surface area (Å²) >= 11 is 6.01. The van der Waals surface area contributed by atoms with Crippen LogP contribution in [-0.4, -0.2) is 29.0 Å². The molecule has 1 fully saturated rings. The molecule has 0 radical (unpaired) electrons. The second-order valence-corrected chi connectivity index (χ2v) is 6.19. The summed E-state index contributed by atoms with van der Waals surface area (Å²) in [6, 6.07) is 1.70. The van der Waals surface area contributed by atoms with Crippen LogP contribution in [0.2, 0.25) is 5.15 Å². The highest BCUT2D eigenvalue weighted by Gasteiger charge is 2.29. The quantitative estimate of drug-likeness (QED) is 0.792. The van der Waals surface area contributed by atoms with Gasteiger partial charge in [-0.1, -0.05) is 11.6 Å². The van der Waals surface area contributed by atoms with E-state index in [0.29, 0.717) is 30.0 Å². The molecule has 0 spiro atoms. The molecule has 0 aromatic carbocycles. The van der Waals surface area contributed by atoms with E-state index in [1.807, 2.05) is 20.8 Å². The number of nitrogens with zero attached hydrogens (tertiary/aromatic N) is 2. The van der Waals surface area contributed by atoms with E-state index in [-0.39, 0.29) is 5.91 Å². The average Bonchev–Trinajstić information content (AvgIpc) is 3.20. The summed E-state index contributed by atoms with van der Waals surface area (Å²) in [6.45, 7) is 6.84. The Kier molecular flexibility index (Phi) is 4.48. The number of carbonyl (C=O) groups is 1. The van der Waals surface area contributed by atoms with Gasteiger partial charge in [0.25, 0.3) is 0 Å². The number of anilines is 1. The predicted molar refractivity (Wildman–Crippen MR) is 80.0 cm³/mol. The predicted octanol–water partition coefficient (Wildman–Crippen LogP) is 2.58. The van der Waals surface area contributed by atoms with Crippen molar-refractivity contribution in [3.05, 3.63) is 17.0 Å². The molecule has 2 N–H and O–H groups in total. The van der Waals surface area contributed by atoms with Gasteiger partial charge in [0, 0.05) is 25.1 Å². The first-order chi connectivity index (χ1) is 9.42. The van der Waals surface area contributed by atoms with Gasteiger partial charge >= 0.3 is 0 Å². The molecule has 20 heavy (non-hydrogen) atoms. The zero-order valence-corrected chi connectivity index (χ0v) is 12.9. The minimum atomic E-state index is -0.507. The first kappa shape index (κ1) is 15.0. The Morgan fingerprint density at radius 3 is 2.75 bits per heavy atom. The number of amides is 1. The van der Waals surface area contributed by atoms with Crippen molar-refractivity contribution < 1.29 is 4.79 Å². The first-order valence-corrected chi connectivity index (χ1v) is 7.37. The van der Waals surface area contributed by atoms with Crippen LogP contribution in [0.15, 0.2) is 6.07 Å². The summed E-state index contributed by atoms with van der Waals surface area (Å²) in [5, 5.41) is 6.47. The van der Waals surface area contributed by atoms with Crippen molar-refractivity contribution >= 4 is 23.3 Å². The molecule has 1 saturated carbocycles. The molecule has 1 aliphatic carbocycles. The minimum absolute atomic E-state index is 0.0232. The van der Waals surface area contributed by atoms with Gasteiger partial charge in [0.1, 0.15) is 16.8 Å². The third-order valence-electron chi connectivity index (χ3n) is 3.32. The molecule has 1 amide bonds. The lowest BCUT2D eigenvalue weighted by molar-refractivity contribution is -0.128. The molecule has 0 bridgehead atoms. The molecular weight excluding hydrogens is 276 g/mol. The number of aromatic nitrogens is 2. The van der Waals surface area contributed by atoms with Gasteiger partial charge in [-0.2, -0.15) is 0 Å². The number of hydrogen-bond donors (Lipinski definition) is 2. The number of hydrogen-bond acceptors (Lipinski definition) is 4. The molecule has 1 heterocycles. The molecule has 1 aliphatic rings. The summed E-state index contributed by atoms with van der Waals surface area (Å²) in [6.07, 6.45) is 2.26. The summed E-state index contributed by atoms with van der Waals surface area (Å²) in [5.74, 6) is 1.96. The maximum absolute atomic E-state index is 11.9. The maximum Gasteiger partial charge on any atom is 0.227 e. The highest BCUT2D eigenvalue weighted by Crippen LogP contribution is 2.38. The lowest BCUT2D eigenvalue weighted by atomic mass is 9.92. The lowest BCUT2D eigenvalue weighted by Gasteiger charge is -2.24. The number of nitrogens with one attached hydrogen (secondary N) is 2. The Balaban J connectivity index is 2.01. The van der Waals surface area contributed by atoms with Crippen molar-refractivity contribution in [3.8, 4) is 0 Å². The number of rotatable bonds is 6. The Bertz CT molecular complexity index is 500. The highest BCUT2D eigenvalue weighted by molar-refractivity contribution is 6.29. The van der Waals surface area contributed by atoms with E-state index in [2.05, 4.69) is 20.6 Å². The molecule has 2 rings (SSSR count). The molecule has 0 saturated heterocycles. The second-order valence-electron chi connectivity index (χ2n) is 5.81. The SMILES string of the molecule is CCNC(=O)C(C)(C)CNc1cc(Cl)nc(C2CC2)n1. The van der Waals surface area contributed by atoms with Crippen molar-refractivity contribution in [1.29, 1.82) is 0 Å². The van der Waals surface area contributed by atoms with Gasteiger partial charge in [-0.3, -0.25) is 4.79 Å². The monoisotopic (exact) mass is 296 g/mol. The average molecular weight is 297 g/mol. The highest BCUT2D eigenvalue weighted by atomic mass is 35.5. The summed E-state index contributed by atoms with van der Waals surface area (Å²) < 4.78 is 0. The molecule has 6 heteroatoms. The molecule has 1 aromatic rings. The van der Waals surface area contributed by atoms with Gasteiger partial charge in [0.15, 0.2) is 0 Å². The van der Waals surface area contributed by atoms with Gasteiger partial charge in [0.05, 0.1) is 5.41 Å². The molecular formula is C14H21ClN4O. The van der Waals surface area contributed by atoms with Gasteiger partial charge in [-0.25, -0.2) is 9.97 Å². The fourth-order valence-corrected chi connectivity index (χ4v) is 2.03. The Hall–Kier alpha value is -1.36. The van der Waals surface area contributed by atoms with Crippen LogP contribution in [0, 0.1) is 5.41 Å². The van der Waals surface area contributed by atoms with Crippen LogP contribution >= 0.6 is 11.6 Å². The van der Waals surface area contributed by atoms with Crippen LogP contribution in [0.25, 0.3) is 0 Å². The van der Waals surface area contributed by atoms with Crippen LogP contribution in [0.5, 0.6) is 0 Å². The van der Waals surface area contributed by atoms with Gasteiger partial charge in [0.2, 0.25) is 5.91 Å². The van der Waals surface area contributed by atoms with Crippen molar-refractivity contribution in [3.63, 3.8) is 0 Å². The Labute approximate surface area is 124 Å². The number of halogens is 1. The van der Waals surface area contributed by atoms with Crippen molar-refractivity contribution in [1.82, 2.24) is 15.3 Å². The standard InChI is InChI=1S/C14H21ClN4O/c1-4-16-13(20)14(2,3)8-17-11-7-10(15)18-12(19-11)9-5-6-9/h7,9H,4-6,8H2,1-3H3,(H,16,20)(H,17,18,19). The van der Waals surface area contributed by atoms with E-state index in [0.717, 1.165) is 18.7 Å². The zero-order chi connectivity index (χ0) is 14.8. The van der Waals surface area contributed by atoms with Crippen LogP contribution in [0.1, 0.15) is 45.4 Å². The van der Waals surface area contributed by atoms with E-state index in [1.54, 1.807) is 6.07 Å². The second kappa shape index (κ2) is 5.95. The van der Waals surface area contributed by atoms with Gasteiger partial charge < -0.3 is 10.6 Å². The smallest absolute Gasteiger partial charge is 0.227 e. The molecule has 1 aromatic heterocycles. The summed E-state index contributed by atoms with van der Waals surface area (Å²) in [7, 11) is 0. The third-order valence-corrected chi connectivity index (χ3v) is 3.51. The molecule has 0 unspecified atom stereocenters. The van der Waals surface area contributed by atoms with Crippen LogP contribution in [0.4, 0.5) is 5.82 Å². The van der Waals surface area contributed by atoms with Gasteiger partial charge in [-0.15, -0.1) is 0 Å². The van der Waals surface area contributed by atoms with E-state index >= 15 is 0 Å². The van der Waals surface area contributed by atoms with Crippen LogP contribution in [-0.2, 0) is 4.79 Å². The molecule has 110 valence electrons. The molecule has 0 atom stereocenters. The molecule has 5 nitrogen and oxygen atoms in total. The fourth-order valence-electron chi connectivity index (χ4n) is 1.84. The normalized spacial score (nSPS) is 15.0.